The Morgan fingerprint density at radius 2 is 2.06 bits per heavy atom. The van der Waals surface area contributed by atoms with Gasteiger partial charge in [0.05, 0.1) is 3.79 Å². The first-order chi connectivity index (χ1) is 8.58. The van der Waals surface area contributed by atoms with Crippen LogP contribution in [0.3, 0.4) is 0 Å². The maximum atomic E-state index is 3.69. The monoisotopic (exact) mass is 329 g/mol. The van der Waals surface area contributed by atoms with Crippen molar-refractivity contribution in [2.75, 3.05) is 6.54 Å². The zero-order valence-corrected chi connectivity index (χ0v) is 14.2. The molecule has 0 radical (unpaired) electrons. The van der Waals surface area contributed by atoms with Gasteiger partial charge >= 0.3 is 0 Å². The van der Waals surface area contributed by atoms with Gasteiger partial charge in [0, 0.05) is 10.9 Å². The fourth-order valence-electron chi connectivity index (χ4n) is 3.80. The van der Waals surface area contributed by atoms with Gasteiger partial charge in [-0.1, -0.05) is 20.8 Å². The van der Waals surface area contributed by atoms with Crippen molar-refractivity contribution in [1.29, 1.82) is 0 Å². The lowest BCUT2D eigenvalue weighted by molar-refractivity contribution is 0.0209. The summed E-state index contributed by atoms with van der Waals surface area (Å²) >= 11 is 5.51. The highest BCUT2D eigenvalue weighted by Gasteiger charge is 2.52. The molecule has 1 saturated carbocycles. The van der Waals surface area contributed by atoms with Gasteiger partial charge in [0.15, 0.2) is 0 Å². The van der Waals surface area contributed by atoms with E-state index in [2.05, 4.69) is 55.0 Å². The molecular weight excluding hydrogens is 306 g/mol. The van der Waals surface area contributed by atoms with Gasteiger partial charge in [0.25, 0.3) is 0 Å². The summed E-state index contributed by atoms with van der Waals surface area (Å²) in [6.07, 6.45) is 3.86. The van der Waals surface area contributed by atoms with Crippen molar-refractivity contribution < 1.29 is 0 Å². The van der Waals surface area contributed by atoms with E-state index in [4.69, 9.17) is 0 Å². The van der Waals surface area contributed by atoms with Crippen LogP contribution in [0.25, 0.3) is 0 Å². The lowest BCUT2D eigenvalue weighted by atomic mass is 9.52. The average molecular weight is 330 g/mol. The molecule has 1 N–H and O–H groups in total. The molecule has 0 aromatic carbocycles. The molecule has 0 bridgehead atoms. The largest absolute Gasteiger partial charge is 0.314 e. The predicted octanol–water partition coefficient (Wildman–Crippen LogP) is 5.09. The number of aryl methyl sites for hydroxylation is 1. The smallest absolute Gasteiger partial charge is 0.0704 e. The second-order valence-corrected chi connectivity index (χ2v) is 8.04. The van der Waals surface area contributed by atoms with Crippen LogP contribution in [0.4, 0.5) is 0 Å². The molecule has 1 aromatic heterocycles. The SMILES string of the molecule is CCNC1CC(c2cc(Br)sc2C)C1(CC)CC. The van der Waals surface area contributed by atoms with E-state index in [0.29, 0.717) is 11.5 Å². The standard InChI is InChI=1S/C15H24BrNS/c1-5-15(6-2)12(9-13(15)17-7-3)11-8-14(16)18-10(11)4/h8,12-13,17H,5-7,9H2,1-4H3. The van der Waals surface area contributed by atoms with Crippen molar-refractivity contribution in [3.63, 3.8) is 0 Å². The van der Waals surface area contributed by atoms with Crippen molar-refractivity contribution in [2.24, 2.45) is 5.41 Å². The fraction of sp³-hybridized carbons (Fsp3) is 0.733. The van der Waals surface area contributed by atoms with Crippen molar-refractivity contribution in [1.82, 2.24) is 5.32 Å². The molecule has 1 aliphatic carbocycles. The quantitative estimate of drug-likeness (QED) is 0.793. The maximum absolute atomic E-state index is 3.69. The number of thiophene rings is 1. The number of rotatable bonds is 5. The van der Waals surface area contributed by atoms with E-state index in [1.165, 1.54) is 27.9 Å². The van der Waals surface area contributed by atoms with Gasteiger partial charge in [-0.05, 0) is 71.6 Å². The predicted molar refractivity (Wildman–Crippen MR) is 84.6 cm³/mol. The van der Waals surface area contributed by atoms with Crippen LogP contribution in [0.15, 0.2) is 9.85 Å². The third kappa shape index (κ3) is 2.19. The van der Waals surface area contributed by atoms with E-state index in [9.17, 15) is 0 Å². The normalized spacial score (nSPS) is 26.1. The molecule has 0 amide bonds. The van der Waals surface area contributed by atoms with Gasteiger partial charge in [0.1, 0.15) is 0 Å². The van der Waals surface area contributed by atoms with Gasteiger partial charge in [-0.2, -0.15) is 0 Å². The molecule has 2 rings (SSSR count). The molecule has 1 heterocycles. The first-order valence-corrected chi connectivity index (χ1v) is 8.69. The van der Waals surface area contributed by atoms with Crippen molar-refractivity contribution in [2.45, 2.75) is 58.9 Å². The van der Waals surface area contributed by atoms with Gasteiger partial charge in [0.2, 0.25) is 0 Å². The Hall–Kier alpha value is 0.140. The number of halogens is 1. The highest BCUT2D eigenvalue weighted by molar-refractivity contribution is 9.11. The summed E-state index contributed by atoms with van der Waals surface area (Å²) in [6, 6.07) is 3.06. The molecule has 18 heavy (non-hydrogen) atoms. The van der Waals surface area contributed by atoms with E-state index in [-0.39, 0.29) is 0 Å². The molecule has 3 heteroatoms. The third-order valence-corrected chi connectivity index (χ3v) is 6.50. The molecule has 2 atom stereocenters. The van der Waals surface area contributed by atoms with Crippen molar-refractivity contribution in [3.8, 4) is 0 Å². The lowest BCUT2D eigenvalue weighted by Gasteiger charge is -2.56. The van der Waals surface area contributed by atoms with Gasteiger partial charge < -0.3 is 5.32 Å². The third-order valence-electron chi connectivity index (χ3n) is 4.93. The second-order valence-electron chi connectivity index (χ2n) is 5.40. The Balaban J connectivity index is 2.27. The Bertz CT molecular complexity index is 409. The van der Waals surface area contributed by atoms with Gasteiger partial charge in [-0.3, -0.25) is 0 Å². The zero-order valence-electron chi connectivity index (χ0n) is 11.8. The Morgan fingerprint density at radius 3 is 2.50 bits per heavy atom. The van der Waals surface area contributed by atoms with Crippen LogP contribution in [0.1, 0.15) is 56.4 Å². The Kier molecular flexibility index (Phi) is 4.56. The Morgan fingerprint density at radius 1 is 1.39 bits per heavy atom. The summed E-state index contributed by atoms with van der Waals surface area (Å²) in [5, 5.41) is 3.69. The van der Waals surface area contributed by atoms with E-state index >= 15 is 0 Å². The summed E-state index contributed by atoms with van der Waals surface area (Å²) in [4.78, 5) is 1.49. The van der Waals surface area contributed by atoms with E-state index < -0.39 is 0 Å². The first kappa shape index (κ1) is 14.5. The number of hydrogen-bond acceptors (Lipinski definition) is 2. The molecule has 1 nitrogen and oxygen atoms in total. The van der Waals surface area contributed by atoms with Gasteiger partial charge in [-0.25, -0.2) is 0 Å². The summed E-state index contributed by atoms with van der Waals surface area (Å²) in [7, 11) is 0. The average Bonchev–Trinajstić information content (AvgIpc) is 2.65. The molecule has 1 aliphatic rings. The Labute approximate surface area is 123 Å². The van der Waals surface area contributed by atoms with Crippen LogP contribution in [0, 0.1) is 12.3 Å². The molecule has 0 saturated heterocycles. The summed E-state index contributed by atoms with van der Waals surface area (Å²) in [5.41, 5.74) is 2.06. The molecule has 0 aliphatic heterocycles. The van der Waals surface area contributed by atoms with E-state index in [1.54, 1.807) is 5.56 Å². The molecule has 2 unspecified atom stereocenters. The maximum Gasteiger partial charge on any atom is 0.0704 e. The van der Waals surface area contributed by atoms with E-state index in [1.807, 2.05) is 11.3 Å². The van der Waals surface area contributed by atoms with Crippen LogP contribution >= 0.6 is 27.3 Å². The number of hydrogen-bond donors (Lipinski definition) is 1. The van der Waals surface area contributed by atoms with Crippen molar-refractivity contribution >= 4 is 27.3 Å². The summed E-state index contributed by atoms with van der Waals surface area (Å²) in [5.74, 6) is 0.749. The lowest BCUT2D eigenvalue weighted by Crippen LogP contribution is -2.58. The zero-order chi connectivity index (χ0) is 13.3. The van der Waals surface area contributed by atoms with Gasteiger partial charge in [-0.15, -0.1) is 11.3 Å². The fourth-order valence-corrected chi connectivity index (χ4v) is 5.57. The van der Waals surface area contributed by atoms with Crippen molar-refractivity contribution in [3.05, 3.63) is 20.3 Å². The molecule has 0 spiro atoms. The highest BCUT2D eigenvalue weighted by Crippen LogP contribution is 2.58. The summed E-state index contributed by atoms with van der Waals surface area (Å²) in [6.45, 7) is 10.3. The van der Waals surface area contributed by atoms with Crippen LogP contribution in [0.2, 0.25) is 0 Å². The number of nitrogens with one attached hydrogen (secondary N) is 1. The highest BCUT2D eigenvalue weighted by atomic mass is 79.9. The van der Waals surface area contributed by atoms with Crippen LogP contribution in [-0.4, -0.2) is 12.6 Å². The molecular formula is C15H24BrNS. The molecule has 1 aromatic rings. The molecule has 102 valence electrons. The molecule has 1 fully saturated rings. The first-order valence-electron chi connectivity index (χ1n) is 7.08. The summed E-state index contributed by atoms with van der Waals surface area (Å²) < 4.78 is 1.28. The van der Waals surface area contributed by atoms with Crippen LogP contribution < -0.4 is 5.32 Å². The van der Waals surface area contributed by atoms with Crippen LogP contribution in [0.5, 0.6) is 0 Å². The minimum atomic E-state index is 0.473. The topological polar surface area (TPSA) is 12.0 Å². The second kappa shape index (κ2) is 5.64. The minimum Gasteiger partial charge on any atom is -0.314 e. The van der Waals surface area contributed by atoms with E-state index in [0.717, 1.165) is 12.5 Å². The van der Waals surface area contributed by atoms with Crippen LogP contribution in [-0.2, 0) is 0 Å². The minimum absolute atomic E-state index is 0.473.